The van der Waals surface area contributed by atoms with E-state index in [1.807, 2.05) is 6.07 Å². The summed E-state index contributed by atoms with van der Waals surface area (Å²) < 4.78 is 10.5. The van der Waals surface area contributed by atoms with Crippen LogP contribution in [0.5, 0.6) is 5.75 Å². The van der Waals surface area contributed by atoms with Crippen LogP contribution in [0, 0.1) is 5.92 Å². The van der Waals surface area contributed by atoms with Crippen molar-refractivity contribution < 1.29 is 14.6 Å². The fourth-order valence-corrected chi connectivity index (χ4v) is 2.30. The summed E-state index contributed by atoms with van der Waals surface area (Å²) >= 11 is 6.10. The monoisotopic (exact) mass is 242 g/mol. The van der Waals surface area contributed by atoms with Gasteiger partial charge in [0.2, 0.25) is 0 Å². The molecule has 1 aliphatic heterocycles. The van der Waals surface area contributed by atoms with Crippen molar-refractivity contribution in [2.45, 2.75) is 12.5 Å². The average Bonchev–Trinajstić information content (AvgIpc) is 2.81. The van der Waals surface area contributed by atoms with E-state index in [1.54, 1.807) is 19.2 Å². The van der Waals surface area contributed by atoms with Crippen molar-refractivity contribution >= 4 is 11.6 Å². The number of methoxy groups -OCH3 is 1. The Hall–Kier alpha value is -0.770. The summed E-state index contributed by atoms with van der Waals surface area (Å²) in [5.74, 6) is 0.737. The summed E-state index contributed by atoms with van der Waals surface area (Å²) in [7, 11) is 1.58. The number of benzene rings is 1. The highest BCUT2D eigenvalue weighted by atomic mass is 35.5. The van der Waals surface area contributed by atoms with Crippen molar-refractivity contribution in [1.82, 2.24) is 0 Å². The second-order valence-electron chi connectivity index (χ2n) is 3.92. The van der Waals surface area contributed by atoms with Gasteiger partial charge in [-0.25, -0.2) is 0 Å². The van der Waals surface area contributed by atoms with Crippen molar-refractivity contribution in [2.75, 3.05) is 20.3 Å². The minimum Gasteiger partial charge on any atom is -0.496 e. The third-order valence-corrected chi connectivity index (χ3v) is 3.27. The Labute approximate surface area is 99.9 Å². The number of ether oxygens (including phenoxy) is 2. The molecule has 0 spiro atoms. The van der Waals surface area contributed by atoms with Gasteiger partial charge in [-0.2, -0.15) is 0 Å². The highest BCUT2D eigenvalue weighted by Crippen LogP contribution is 2.38. The molecular weight excluding hydrogens is 228 g/mol. The first-order valence-corrected chi connectivity index (χ1v) is 5.70. The molecule has 16 heavy (non-hydrogen) atoms. The lowest BCUT2D eigenvalue weighted by Crippen LogP contribution is -2.14. The SMILES string of the molecule is COc1cccc(Cl)c1C(O)C1CCOC1. The smallest absolute Gasteiger partial charge is 0.126 e. The van der Waals surface area contributed by atoms with Crippen molar-refractivity contribution in [2.24, 2.45) is 5.92 Å². The zero-order chi connectivity index (χ0) is 11.5. The average molecular weight is 243 g/mol. The fourth-order valence-electron chi connectivity index (χ4n) is 2.02. The van der Waals surface area contributed by atoms with Gasteiger partial charge >= 0.3 is 0 Å². The lowest BCUT2D eigenvalue weighted by molar-refractivity contribution is 0.0897. The Morgan fingerprint density at radius 3 is 3.00 bits per heavy atom. The number of aliphatic hydroxyl groups excluding tert-OH is 1. The van der Waals surface area contributed by atoms with Gasteiger partial charge in [0.15, 0.2) is 0 Å². The van der Waals surface area contributed by atoms with Gasteiger partial charge in [-0.1, -0.05) is 17.7 Å². The Kier molecular flexibility index (Phi) is 3.69. The molecule has 1 aromatic rings. The summed E-state index contributed by atoms with van der Waals surface area (Å²) in [6.07, 6.45) is 0.237. The van der Waals surface area contributed by atoms with E-state index in [-0.39, 0.29) is 5.92 Å². The number of rotatable bonds is 3. The number of hydrogen-bond donors (Lipinski definition) is 1. The zero-order valence-electron chi connectivity index (χ0n) is 9.15. The van der Waals surface area contributed by atoms with Gasteiger partial charge in [-0.15, -0.1) is 0 Å². The molecule has 2 unspecified atom stereocenters. The lowest BCUT2D eigenvalue weighted by Gasteiger charge is -2.20. The highest BCUT2D eigenvalue weighted by molar-refractivity contribution is 6.31. The molecule has 1 fully saturated rings. The maximum atomic E-state index is 10.3. The molecular formula is C12H15ClO3. The molecule has 1 saturated heterocycles. The molecule has 2 atom stereocenters. The van der Waals surface area contributed by atoms with Gasteiger partial charge < -0.3 is 14.6 Å². The molecule has 1 aliphatic rings. The van der Waals surface area contributed by atoms with Crippen LogP contribution in [0.2, 0.25) is 5.02 Å². The quantitative estimate of drug-likeness (QED) is 0.885. The Bertz CT molecular complexity index is 361. The van der Waals surface area contributed by atoms with Gasteiger partial charge in [-0.05, 0) is 18.6 Å². The van der Waals surface area contributed by atoms with Crippen LogP contribution >= 0.6 is 11.6 Å². The van der Waals surface area contributed by atoms with Gasteiger partial charge in [-0.3, -0.25) is 0 Å². The van der Waals surface area contributed by atoms with Crippen molar-refractivity contribution in [1.29, 1.82) is 0 Å². The molecule has 0 aromatic heterocycles. The van der Waals surface area contributed by atoms with Crippen molar-refractivity contribution in [3.05, 3.63) is 28.8 Å². The number of aliphatic hydroxyl groups is 1. The van der Waals surface area contributed by atoms with Crippen molar-refractivity contribution in [3.8, 4) is 5.75 Å². The van der Waals surface area contributed by atoms with Crippen LogP contribution in [-0.2, 0) is 4.74 Å². The third-order valence-electron chi connectivity index (χ3n) is 2.94. The maximum absolute atomic E-state index is 10.3. The summed E-state index contributed by atoms with van der Waals surface area (Å²) in [4.78, 5) is 0. The zero-order valence-corrected chi connectivity index (χ0v) is 9.91. The molecule has 88 valence electrons. The van der Waals surface area contributed by atoms with Crippen molar-refractivity contribution in [3.63, 3.8) is 0 Å². The second-order valence-corrected chi connectivity index (χ2v) is 4.33. The molecule has 1 heterocycles. The van der Waals surface area contributed by atoms with E-state index in [4.69, 9.17) is 21.1 Å². The molecule has 0 bridgehead atoms. The highest BCUT2D eigenvalue weighted by Gasteiger charge is 2.28. The molecule has 0 aliphatic carbocycles. The fraction of sp³-hybridized carbons (Fsp3) is 0.500. The maximum Gasteiger partial charge on any atom is 0.126 e. The molecule has 0 saturated carbocycles. The van der Waals surface area contributed by atoms with E-state index < -0.39 is 6.10 Å². The molecule has 0 radical (unpaired) electrons. The minimum absolute atomic E-state index is 0.105. The van der Waals surface area contributed by atoms with Crippen LogP contribution in [0.15, 0.2) is 18.2 Å². The van der Waals surface area contributed by atoms with Gasteiger partial charge in [0, 0.05) is 18.1 Å². The van der Waals surface area contributed by atoms with Crippen LogP contribution in [0.25, 0.3) is 0 Å². The Morgan fingerprint density at radius 2 is 2.38 bits per heavy atom. The van der Waals surface area contributed by atoms with Crippen LogP contribution in [0.4, 0.5) is 0 Å². The first-order valence-electron chi connectivity index (χ1n) is 5.32. The first kappa shape index (κ1) is 11.7. The van der Waals surface area contributed by atoms with E-state index in [9.17, 15) is 5.11 Å². The van der Waals surface area contributed by atoms with E-state index in [0.29, 0.717) is 29.5 Å². The second kappa shape index (κ2) is 5.04. The Morgan fingerprint density at radius 1 is 1.56 bits per heavy atom. The number of hydrogen-bond acceptors (Lipinski definition) is 3. The third kappa shape index (κ3) is 2.17. The summed E-state index contributed by atoms with van der Waals surface area (Å²) in [6, 6.07) is 5.38. The van der Waals surface area contributed by atoms with Crippen LogP contribution in [-0.4, -0.2) is 25.4 Å². The predicted octanol–water partition coefficient (Wildman–Crippen LogP) is 2.42. The molecule has 2 rings (SSSR count). The Balaban J connectivity index is 2.30. The number of halogens is 1. The van der Waals surface area contributed by atoms with Gasteiger partial charge in [0.05, 0.1) is 24.8 Å². The first-order chi connectivity index (χ1) is 7.74. The summed E-state index contributed by atoms with van der Waals surface area (Å²) in [5.41, 5.74) is 0.669. The molecule has 4 heteroatoms. The molecule has 1 aromatic carbocycles. The predicted molar refractivity (Wildman–Crippen MR) is 61.9 cm³/mol. The summed E-state index contributed by atoms with van der Waals surface area (Å²) in [6.45, 7) is 1.28. The van der Waals surface area contributed by atoms with Gasteiger partial charge in [0.25, 0.3) is 0 Å². The standard InChI is InChI=1S/C12H15ClO3/c1-15-10-4-2-3-9(13)11(10)12(14)8-5-6-16-7-8/h2-4,8,12,14H,5-7H2,1H3. The summed E-state index contributed by atoms with van der Waals surface area (Å²) in [5, 5.41) is 10.8. The molecule has 1 N–H and O–H groups in total. The largest absolute Gasteiger partial charge is 0.496 e. The minimum atomic E-state index is -0.619. The van der Waals surface area contributed by atoms with E-state index >= 15 is 0 Å². The molecule has 3 nitrogen and oxygen atoms in total. The lowest BCUT2D eigenvalue weighted by atomic mass is 9.94. The van der Waals surface area contributed by atoms with Crippen LogP contribution < -0.4 is 4.74 Å². The van der Waals surface area contributed by atoms with E-state index in [2.05, 4.69) is 0 Å². The van der Waals surface area contributed by atoms with E-state index in [0.717, 1.165) is 6.42 Å². The molecule has 0 amide bonds. The topological polar surface area (TPSA) is 38.7 Å². The van der Waals surface area contributed by atoms with E-state index in [1.165, 1.54) is 0 Å². The normalized spacial score (nSPS) is 22.1. The van der Waals surface area contributed by atoms with Crippen LogP contribution in [0.3, 0.4) is 0 Å². The van der Waals surface area contributed by atoms with Gasteiger partial charge in [0.1, 0.15) is 5.75 Å². The van der Waals surface area contributed by atoms with Crippen LogP contribution in [0.1, 0.15) is 18.1 Å².